The molecule has 0 aliphatic heterocycles. The van der Waals surface area contributed by atoms with E-state index in [9.17, 15) is 31.2 Å². The van der Waals surface area contributed by atoms with Crippen molar-refractivity contribution in [3.63, 3.8) is 0 Å². The molecule has 0 radical (unpaired) electrons. The molecule has 0 N–H and O–H groups in total. The zero-order valence-electron chi connectivity index (χ0n) is 31.6. The summed E-state index contributed by atoms with van der Waals surface area (Å²) in [4.78, 5) is 24.9. The molecular weight excluding hydrogens is 915 g/mol. The predicted molar refractivity (Wildman–Crippen MR) is 213 cm³/mol. The molecule has 17 heteroatoms. The summed E-state index contributed by atoms with van der Waals surface area (Å²) in [6, 6.07) is 35.4. The van der Waals surface area contributed by atoms with Crippen LogP contribution in [0.1, 0.15) is 31.8 Å². The van der Waals surface area contributed by atoms with Crippen molar-refractivity contribution in [3.05, 3.63) is 138 Å². The van der Waals surface area contributed by atoms with Crippen LogP contribution in [-0.2, 0) is 39.7 Å². The Morgan fingerprint density at radius 3 is 1.45 bits per heavy atom. The second-order valence-electron chi connectivity index (χ2n) is 11.6. The maximum atomic E-state index is 12.7. The molecule has 0 heterocycles. The van der Waals surface area contributed by atoms with Gasteiger partial charge < -0.3 is 0 Å². The topological polar surface area (TPSA) is 133 Å². The van der Waals surface area contributed by atoms with Crippen LogP contribution in [0.5, 0.6) is 17.2 Å². The van der Waals surface area contributed by atoms with E-state index in [0.717, 1.165) is 45.7 Å². The monoisotopic (exact) mass is 956 g/mol. The van der Waals surface area contributed by atoms with E-state index < -0.39 is 33.3 Å². The third-order valence-corrected chi connectivity index (χ3v) is 13.1. The zero-order valence-corrected chi connectivity index (χ0v) is 35.9. The first-order valence-electron chi connectivity index (χ1n) is 17.0. The number of hydrogen-bond acceptors (Lipinski definition) is 11. The number of rotatable bonds is 17. The van der Waals surface area contributed by atoms with Crippen molar-refractivity contribution in [2.45, 2.75) is 16.1 Å². The SMILES string of the molecule is COCOc1cc(-c2ccccc2)cc(C[Se]c2ccccc2)c1C(=O)OC.COCOc1cc(OS(=O)(=O)C(F)(F)F)cc(C[Se]c2ccccc2)c1C(=O)OC. The number of hydrogen-bond donors (Lipinski definition) is 0. The van der Waals surface area contributed by atoms with Crippen LogP contribution in [0.3, 0.4) is 0 Å². The fourth-order valence-electron chi connectivity index (χ4n) is 5.06. The van der Waals surface area contributed by atoms with Crippen LogP contribution in [0.2, 0.25) is 0 Å². The first-order valence-corrected chi connectivity index (χ1v) is 22.5. The fraction of sp³-hybridized carbons (Fsp3) is 0.220. The Kier molecular flexibility index (Phi) is 17.6. The summed E-state index contributed by atoms with van der Waals surface area (Å²) in [5.41, 5.74) is -2.00. The summed E-state index contributed by atoms with van der Waals surface area (Å²) in [5.74, 6) is -1.59. The van der Waals surface area contributed by atoms with Gasteiger partial charge in [0.2, 0.25) is 0 Å². The molecule has 0 aliphatic rings. The van der Waals surface area contributed by atoms with Crippen molar-refractivity contribution >= 4 is 60.9 Å². The number of esters is 2. The van der Waals surface area contributed by atoms with Gasteiger partial charge in [0.15, 0.2) is 0 Å². The average Bonchev–Trinajstić information content (AvgIpc) is 3.23. The molecule has 0 aliphatic carbocycles. The first-order chi connectivity index (χ1) is 27.8. The van der Waals surface area contributed by atoms with Crippen molar-refractivity contribution in [3.8, 4) is 28.4 Å². The van der Waals surface area contributed by atoms with Crippen LogP contribution in [0, 0.1) is 0 Å². The van der Waals surface area contributed by atoms with Gasteiger partial charge in [0.05, 0.1) is 0 Å². The van der Waals surface area contributed by atoms with Crippen molar-refractivity contribution in [1.29, 1.82) is 0 Å². The van der Waals surface area contributed by atoms with Crippen LogP contribution in [0.25, 0.3) is 11.1 Å². The quantitative estimate of drug-likeness (QED) is 0.0365. The van der Waals surface area contributed by atoms with Crippen LogP contribution < -0.4 is 22.6 Å². The second-order valence-corrected chi connectivity index (χ2v) is 17.5. The first kappa shape index (κ1) is 45.8. The Balaban J connectivity index is 0.000000257. The van der Waals surface area contributed by atoms with Gasteiger partial charge >= 0.3 is 349 Å². The van der Waals surface area contributed by atoms with Gasteiger partial charge in [-0.3, -0.25) is 0 Å². The third kappa shape index (κ3) is 13.1. The summed E-state index contributed by atoms with van der Waals surface area (Å²) in [5, 5.41) is 0.986. The summed E-state index contributed by atoms with van der Waals surface area (Å²) >= 11 is -0.0536. The van der Waals surface area contributed by atoms with E-state index in [2.05, 4.69) is 22.4 Å². The molecule has 0 unspecified atom stereocenters. The molecule has 0 atom stereocenters. The fourth-order valence-corrected chi connectivity index (χ4v) is 9.28. The number of ether oxygens (including phenoxy) is 6. The van der Waals surface area contributed by atoms with Gasteiger partial charge in [-0.1, -0.05) is 0 Å². The van der Waals surface area contributed by atoms with Crippen molar-refractivity contribution in [2.75, 3.05) is 42.0 Å². The molecular formula is C41H39F3O11SSe2. The molecule has 5 aromatic carbocycles. The molecule has 0 amide bonds. The van der Waals surface area contributed by atoms with Crippen LogP contribution in [-0.4, -0.2) is 97.8 Å². The summed E-state index contributed by atoms with van der Waals surface area (Å²) in [6.45, 7) is -0.283. The van der Waals surface area contributed by atoms with Crippen molar-refractivity contribution < 1.29 is 63.8 Å². The molecule has 0 saturated carbocycles. The molecule has 308 valence electrons. The molecule has 5 aromatic rings. The Labute approximate surface area is 347 Å². The number of carbonyl (C=O) groups excluding carboxylic acids is 2. The predicted octanol–water partition coefficient (Wildman–Crippen LogP) is 5.87. The Hall–Kier alpha value is -4.86. The van der Waals surface area contributed by atoms with Crippen LogP contribution in [0.4, 0.5) is 13.2 Å². The number of alkyl halides is 3. The normalized spacial score (nSPS) is 11.2. The Morgan fingerprint density at radius 1 is 0.586 bits per heavy atom. The average molecular weight is 955 g/mol. The molecule has 0 spiro atoms. The zero-order chi connectivity index (χ0) is 42.1. The molecule has 58 heavy (non-hydrogen) atoms. The van der Waals surface area contributed by atoms with Gasteiger partial charge in [-0.25, -0.2) is 0 Å². The molecule has 5 rings (SSSR count). The standard InChI is InChI=1S/C23H22O4Se.C18H17F3O7SSe/c1-25-16-27-21-14-18(17-9-5-3-6-10-17)13-19(22(21)23(24)26-2)15-28-20-11-7-4-8-12-20;1-25-11-27-15-9-13(28-29(23,24)18(19,20)21)8-12(16(15)17(22)26-2)10-30-14-6-4-3-5-7-14/h3-14H,15-16H2,1-2H3;3-9H,10-11H2,1-2H3. The van der Waals surface area contributed by atoms with E-state index in [-0.39, 0.29) is 65.7 Å². The van der Waals surface area contributed by atoms with E-state index in [1.165, 1.54) is 18.7 Å². The Bertz CT molecular complexity index is 2210. The summed E-state index contributed by atoms with van der Waals surface area (Å²) < 4.78 is 98.1. The molecule has 0 fully saturated rings. The van der Waals surface area contributed by atoms with Gasteiger partial charge in [-0.15, -0.1) is 0 Å². The minimum atomic E-state index is -5.91. The van der Waals surface area contributed by atoms with Crippen molar-refractivity contribution in [2.24, 2.45) is 0 Å². The number of methoxy groups -OCH3 is 4. The third-order valence-electron chi connectivity index (χ3n) is 7.66. The van der Waals surface area contributed by atoms with Crippen LogP contribution >= 0.6 is 0 Å². The molecule has 0 bridgehead atoms. The van der Waals surface area contributed by atoms with E-state index >= 15 is 0 Å². The molecule has 0 saturated heterocycles. The van der Waals surface area contributed by atoms with E-state index in [1.54, 1.807) is 7.11 Å². The van der Waals surface area contributed by atoms with Gasteiger partial charge in [-0.2, -0.15) is 0 Å². The van der Waals surface area contributed by atoms with Gasteiger partial charge in [0.1, 0.15) is 0 Å². The van der Waals surface area contributed by atoms with Crippen LogP contribution in [0.15, 0.2) is 115 Å². The number of carbonyl (C=O) groups is 2. The molecule has 11 nitrogen and oxygen atoms in total. The maximum absolute atomic E-state index is 12.7. The van der Waals surface area contributed by atoms with Crippen molar-refractivity contribution in [1.82, 2.24) is 0 Å². The van der Waals surface area contributed by atoms with E-state index in [4.69, 9.17) is 28.4 Å². The number of benzene rings is 5. The second kappa shape index (κ2) is 22.3. The minimum absolute atomic E-state index is 0.0517. The van der Waals surface area contributed by atoms with Gasteiger partial charge in [0, 0.05) is 0 Å². The summed E-state index contributed by atoms with van der Waals surface area (Å²) in [7, 11) is -0.537. The van der Waals surface area contributed by atoms with Gasteiger partial charge in [-0.05, 0) is 0 Å². The van der Waals surface area contributed by atoms with Gasteiger partial charge in [0.25, 0.3) is 0 Å². The number of halogens is 3. The van der Waals surface area contributed by atoms with E-state index in [1.807, 2.05) is 84.9 Å². The Morgan fingerprint density at radius 2 is 1.02 bits per heavy atom. The molecule has 0 aromatic heterocycles. The summed E-state index contributed by atoms with van der Waals surface area (Å²) in [6.07, 6.45) is 0. The van der Waals surface area contributed by atoms with E-state index in [0.29, 0.717) is 11.3 Å².